The summed E-state index contributed by atoms with van der Waals surface area (Å²) in [5.74, 6) is -1.07. The molecule has 1 atom stereocenters. The molecule has 0 spiro atoms. The topological polar surface area (TPSA) is 71.4 Å². The average Bonchev–Trinajstić information content (AvgIpc) is 2.02. The van der Waals surface area contributed by atoms with Gasteiger partial charge in [-0.2, -0.15) is 0 Å². The lowest BCUT2D eigenvalue weighted by Gasteiger charge is -2.22. The Kier molecular flexibility index (Phi) is 2.74. The second-order valence-corrected chi connectivity index (χ2v) is 5.88. The molecule has 6 heteroatoms. The van der Waals surface area contributed by atoms with Gasteiger partial charge < -0.3 is 5.11 Å². The van der Waals surface area contributed by atoms with E-state index in [9.17, 15) is 13.2 Å². The minimum Gasteiger partial charge on any atom is -0.481 e. The van der Waals surface area contributed by atoms with Gasteiger partial charge in [-0.1, -0.05) is 6.08 Å². The summed E-state index contributed by atoms with van der Waals surface area (Å²) in [5.41, 5.74) is -1.19. The van der Waals surface area contributed by atoms with Crippen LogP contribution in [0.3, 0.4) is 0 Å². The molecule has 0 aromatic carbocycles. The lowest BCUT2D eigenvalue weighted by atomic mass is 9.84. The van der Waals surface area contributed by atoms with Crippen LogP contribution in [0.1, 0.15) is 13.3 Å². The maximum Gasteiger partial charge on any atom is 0.313 e. The molecule has 1 aliphatic carbocycles. The van der Waals surface area contributed by atoms with E-state index in [-0.39, 0.29) is 11.3 Å². The average molecular weight is 237 g/mol. The van der Waals surface area contributed by atoms with Gasteiger partial charge >= 0.3 is 5.97 Å². The van der Waals surface area contributed by atoms with E-state index in [1.54, 1.807) is 0 Å². The van der Waals surface area contributed by atoms with Gasteiger partial charge in [0.15, 0.2) is 0 Å². The SMILES string of the molecule is CC1(C(=O)O)C=C(S(=O)(=O)Cl)C=CC1. The fraction of sp³-hybridized carbons (Fsp3) is 0.375. The van der Waals surface area contributed by atoms with Crippen LogP contribution < -0.4 is 0 Å². The first-order valence-electron chi connectivity index (χ1n) is 3.83. The van der Waals surface area contributed by atoms with Crippen molar-refractivity contribution in [2.45, 2.75) is 13.3 Å². The van der Waals surface area contributed by atoms with Crippen molar-refractivity contribution in [1.82, 2.24) is 0 Å². The lowest BCUT2D eigenvalue weighted by molar-refractivity contribution is -0.145. The van der Waals surface area contributed by atoms with E-state index in [1.165, 1.54) is 19.1 Å². The zero-order valence-corrected chi connectivity index (χ0v) is 8.97. The van der Waals surface area contributed by atoms with Crippen molar-refractivity contribution in [3.63, 3.8) is 0 Å². The van der Waals surface area contributed by atoms with Gasteiger partial charge in [-0.15, -0.1) is 0 Å². The van der Waals surface area contributed by atoms with Crippen molar-refractivity contribution >= 4 is 25.7 Å². The van der Waals surface area contributed by atoms with Crippen LogP contribution in [-0.4, -0.2) is 19.5 Å². The molecule has 0 fully saturated rings. The summed E-state index contributed by atoms with van der Waals surface area (Å²) in [6, 6.07) is 0. The maximum atomic E-state index is 10.9. The van der Waals surface area contributed by atoms with Crippen molar-refractivity contribution in [2.75, 3.05) is 0 Å². The van der Waals surface area contributed by atoms with Gasteiger partial charge in [-0.05, 0) is 25.5 Å². The number of aliphatic carboxylic acids is 1. The molecule has 0 amide bonds. The predicted molar refractivity (Wildman–Crippen MR) is 52.4 cm³/mol. The molecular weight excluding hydrogens is 228 g/mol. The molecule has 0 saturated heterocycles. The third kappa shape index (κ3) is 2.16. The molecule has 0 bridgehead atoms. The standard InChI is InChI=1S/C8H9ClO4S/c1-8(7(10)11)4-2-3-6(5-8)14(9,12)13/h2-3,5H,4H2,1H3,(H,10,11). The fourth-order valence-corrected chi connectivity index (χ4v) is 2.09. The van der Waals surface area contributed by atoms with Crippen molar-refractivity contribution in [2.24, 2.45) is 5.41 Å². The van der Waals surface area contributed by atoms with Crippen molar-refractivity contribution in [3.8, 4) is 0 Å². The molecule has 0 saturated carbocycles. The van der Waals surface area contributed by atoms with E-state index in [1.807, 2.05) is 0 Å². The molecule has 0 aliphatic heterocycles. The third-order valence-corrected chi connectivity index (χ3v) is 3.41. The van der Waals surface area contributed by atoms with Gasteiger partial charge in [-0.3, -0.25) is 4.79 Å². The Morgan fingerprint density at radius 3 is 2.64 bits per heavy atom. The molecule has 1 unspecified atom stereocenters. The molecule has 0 heterocycles. The summed E-state index contributed by atoms with van der Waals surface area (Å²) >= 11 is 0. The van der Waals surface area contributed by atoms with E-state index in [0.717, 1.165) is 6.08 Å². The zero-order valence-electron chi connectivity index (χ0n) is 7.40. The Hall–Kier alpha value is -0.810. The molecular formula is C8H9ClO4S. The Bertz CT molecular complexity index is 421. The second-order valence-electron chi connectivity index (χ2n) is 3.31. The minimum absolute atomic E-state index is 0.157. The first kappa shape index (κ1) is 11.3. The number of hydrogen-bond acceptors (Lipinski definition) is 3. The molecule has 0 aromatic rings. The lowest BCUT2D eigenvalue weighted by Crippen LogP contribution is -2.26. The highest BCUT2D eigenvalue weighted by atomic mass is 35.7. The number of carboxylic acid groups (broad SMARTS) is 1. The number of carbonyl (C=O) groups is 1. The predicted octanol–water partition coefficient (Wildman–Crippen LogP) is 1.49. The van der Waals surface area contributed by atoms with E-state index in [4.69, 9.17) is 15.8 Å². The third-order valence-electron chi connectivity index (χ3n) is 2.05. The fourth-order valence-electron chi connectivity index (χ4n) is 1.14. The first-order valence-corrected chi connectivity index (χ1v) is 6.14. The molecule has 1 rings (SSSR count). The monoisotopic (exact) mass is 236 g/mol. The molecule has 14 heavy (non-hydrogen) atoms. The van der Waals surface area contributed by atoms with Crippen molar-refractivity contribution in [1.29, 1.82) is 0 Å². The molecule has 4 nitrogen and oxygen atoms in total. The second kappa shape index (κ2) is 3.40. The molecule has 1 N–H and O–H groups in total. The number of rotatable bonds is 2. The number of allylic oxidation sites excluding steroid dienone is 2. The summed E-state index contributed by atoms with van der Waals surface area (Å²) in [5, 5.41) is 8.86. The molecule has 78 valence electrons. The van der Waals surface area contributed by atoms with Gasteiger partial charge in [0.1, 0.15) is 0 Å². The highest BCUT2D eigenvalue weighted by Crippen LogP contribution is 2.32. The van der Waals surface area contributed by atoms with Gasteiger partial charge in [-0.25, -0.2) is 8.42 Å². The zero-order chi connectivity index (χ0) is 11.0. The Labute approximate surface area is 86.3 Å². The van der Waals surface area contributed by atoms with Crippen LogP contribution in [0.4, 0.5) is 0 Å². The number of hydrogen-bond donors (Lipinski definition) is 1. The van der Waals surface area contributed by atoms with E-state index < -0.39 is 20.4 Å². The largest absolute Gasteiger partial charge is 0.481 e. The van der Waals surface area contributed by atoms with Crippen LogP contribution in [0.25, 0.3) is 0 Å². The molecule has 0 aromatic heterocycles. The van der Waals surface area contributed by atoms with Gasteiger partial charge in [0.25, 0.3) is 9.05 Å². The van der Waals surface area contributed by atoms with E-state index >= 15 is 0 Å². The van der Waals surface area contributed by atoms with Gasteiger partial charge in [0.2, 0.25) is 0 Å². The minimum atomic E-state index is -3.85. The molecule has 1 aliphatic rings. The summed E-state index contributed by atoms with van der Waals surface area (Å²) in [6.45, 7) is 1.45. The van der Waals surface area contributed by atoms with Crippen LogP contribution in [0, 0.1) is 5.41 Å². The Morgan fingerprint density at radius 2 is 2.21 bits per heavy atom. The Morgan fingerprint density at radius 1 is 1.64 bits per heavy atom. The highest BCUT2D eigenvalue weighted by molar-refractivity contribution is 8.17. The van der Waals surface area contributed by atoms with E-state index in [0.29, 0.717) is 0 Å². The smallest absolute Gasteiger partial charge is 0.313 e. The molecule has 0 radical (unpaired) electrons. The normalized spacial score (nSPS) is 27.1. The summed E-state index contributed by atoms with van der Waals surface area (Å²) in [7, 11) is 1.26. The van der Waals surface area contributed by atoms with Crippen LogP contribution in [0.5, 0.6) is 0 Å². The van der Waals surface area contributed by atoms with E-state index in [2.05, 4.69) is 0 Å². The quantitative estimate of drug-likeness (QED) is 0.738. The van der Waals surface area contributed by atoms with Gasteiger partial charge in [0.05, 0.1) is 10.3 Å². The first-order chi connectivity index (χ1) is 6.26. The van der Waals surface area contributed by atoms with Crippen LogP contribution in [0.15, 0.2) is 23.1 Å². The maximum absolute atomic E-state index is 10.9. The summed E-state index contributed by atoms with van der Waals surface area (Å²) < 4.78 is 21.9. The summed E-state index contributed by atoms with van der Waals surface area (Å²) in [4.78, 5) is 10.7. The van der Waals surface area contributed by atoms with Gasteiger partial charge in [0, 0.05) is 10.7 Å². The number of halogens is 1. The highest BCUT2D eigenvalue weighted by Gasteiger charge is 2.33. The van der Waals surface area contributed by atoms with Crippen LogP contribution in [-0.2, 0) is 13.8 Å². The van der Waals surface area contributed by atoms with Crippen LogP contribution >= 0.6 is 10.7 Å². The van der Waals surface area contributed by atoms with Crippen LogP contribution in [0.2, 0.25) is 0 Å². The Balaban J connectivity index is 3.19. The number of carboxylic acids is 1. The summed E-state index contributed by atoms with van der Waals surface area (Å²) in [6.07, 6.45) is 4.23. The van der Waals surface area contributed by atoms with Crippen molar-refractivity contribution < 1.29 is 18.3 Å². The van der Waals surface area contributed by atoms with Crippen molar-refractivity contribution in [3.05, 3.63) is 23.1 Å².